The van der Waals surface area contributed by atoms with Crippen LogP contribution < -0.4 is 10.6 Å². The Morgan fingerprint density at radius 3 is 2.68 bits per heavy atom. The molecule has 25 heavy (non-hydrogen) atoms. The first-order valence-electron chi connectivity index (χ1n) is 7.48. The summed E-state index contributed by atoms with van der Waals surface area (Å²) in [5.41, 5.74) is 2.40. The highest BCUT2D eigenvalue weighted by atomic mass is 32.1. The van der Waals surface area contributed by atoms with Crippen LogP contribution >= 0.6 is 11.3 Å². The van der Waals surface area contributed by atoms with Gasteiger partial charge in [-0.25, -0.2) is 0 Å². The zero-order valence-electron chi connectivity index (χ0n) is 13.9. The molecule has 9 heteroatoms. The molecule has 0 unspecified atom stereocenters. The van der Waals surface area contributed by atoms with Gasteiger partial charge in [-0.15, -0.1) is 16.4 Å². The van der Waals surface area contributed by atoms with Crippen LogP contribution in [-0.2, 0) is 0 Å². The lowest BCUT2D eigenvalue weighted by Crippen LogP contribution is -2.19. The molecule has 0 atom stereocenters. The van der Waals surface area contributed by atoms with Crippen LogP contribution in [0.5, 0.6) is 0 Å². The van der Waals surface area contributed by atoms with Crippen LogP contribution in [0.2, 0.25) is 0 Å². The molecular weight excluding hydrogens is 340 g/mol. The molecule has 2 N–H and O–H groups in total. The second-order valence-corrected chi connectivity index (χ2v) is 6.54. The molecule has 128 valence electrons. The monoisotopic (exact) mass is 356 g/mol. The number of aromatic nitrogens is 4. The van der Waals surface area contributed by atoms with Gasteiger partial charge in [-0.1, -0.05) is 6.07 Å². The summed E-state index contributed by atoms with van der Waals surface area (Å²) in [5, 5.41) is 17.2. The number of carbonyl (C=O) groups excluding carboxylic acids is 2. The minimum absolute atomic E-state index is 0.215. The van der Waals surface area contributed by atoms with Crippen molar-refractivity contribution in [1.82, 2.24) is 25.5 Å². The molecule has 0 aliphatic rings. The first-order valence-corrected chi connectivity index (χ1v) is 8.29. The number of nitrogens with one attached hydrogen (secondary N) is 2. The number of carbonyl (C=O) groups is 2. The van der Waals surface area contributed by atoms with Crippen LogP contribution in [0.25, 0.3) is 5.00 Å². The molecule has 0 spiro atoms. The molecule has 2 heterocycles. The zero-order chi connectivity index (χ0) is 18.0. The minimum Gasteiger partial charge on any atom is -0.355 e. The molecular formula is C16H16N6O2S. The highest BCUT2D eigenvalue weighted by Crippen LogP contribution is 2.30. The fraction of sp³-hybridized carbons (Fsp3) is 0.188. The number of nitrogens with zero attached hydrogens (tertiary/aromatic N) is 4. The van der Waals surface area contributed by atoms with E-state index in [-0.39, 0.29) is 11.8 Å². The zero-order valence-corrected chi connectivity index (χ0v) is 14.7. The van der Waals surface area contributed by atoms with Gasteiger partial charge in [-0.3, -0.25) is 9.59 Å². The van der Waals surface area contributed by atoms with Crippen molar-refractivity contribution in [1.29, 1.82) is 0 Å². The third kappa shape index (κ3) is 3.26. The van der Waals surface area contributed by atoms with Gasteiger partial charge < -0.3 is 10.6 Å². The number of benzene rings is 1. The Morgan fingerprint density at radius 2 is 2.00 bits per heavy atom. The number of rotatable bonds is 4. The molecule has 0 saturated heterocycles. The Kier molecular flexibility index (Phi) is 4.57. The Balaban J connectivity index is 1.94. The average Bonchev–Trinajstić information content (AvgIpc) is 3.23. The van der Waals surface area contributed by atoms with E-state index in [0.29, 0.717) is 21.8 Å². The lowest BCUT2D eigenvalue weighted by Gasteiger charge is -2.08. The van der Waals surface area contributed by atoms with Crippen LogP contribution in [0.1, 0.15) is 31.2 Å². The maximum absolute atomic E-state index is 12.8. The molecule has 0 radical (unpaired) electrons. The van der Waals surface area contributed by atoms with Gasteiger partial charge in [-0.05, 0) is 48.0 Å². The third-order valence-corrected chi connectivity index (χ3v) is 4.96. The van der Waals surface area contributed by atoms with E-state index < -0.39 is 0 Å². The Hall–Kier alpha value is -3.07. The highest BCUT2D eigenvalue weighted by Gasteiger charge is 2.22. The van der Waals surface area contributed by atoms with E-state index >= 15 is 0 Å². The van der Waals surface area contributed by atoms with E-state index in [4.69, 9.17) is 0 Å². The summed E-state index contributed by atoms with van der Waals surface area (Å²) in [5.74, 6) is -0.491. The van der Waals surface area contributed by atoms with Gasteiger partial charge in [0, 0.05) is 23.2 Å². The van der Waals surface area contributed by atoms with Gasteiger partial charge in [0.2, 0.25) is 0 Å². The quantitative estimate of drug-likeness (QED) is 0.744. The van der Waals surface area contributed by atoms with Crippen LogP contribution in [-0.4, -0.2) is 39.1 Å². The second kappa shape index (κ2) is 6.81. The highest BCUT2D eigenvalue weighted by molar-refractivity contribution is 7.15. The number of hydrogen-bond donors (Lipinski definition) is 2. The van der Waals surface area contributed by atoms with Crippen LogP contribution in [0, 0.1) is 13.8 Å². The summed E-state index contributed by atoms with van der Waals surface area (Å²) in [7, 11) is 1.56. The molecule has 2 aromatic heterocycles. The summed E-state index contributed by atoms with van der Waals surface area (Å²) in [6.07, 6.45) is 1.45. The largest absolute Gasteiger partial charge is 0.355 e. The second-order valence-electron chi connectivity index (χ2n) is 5.33. The Morgan fingerprint density at radius 1 is 1.20 bits per heavy atom. The van der Waals surface area contributed by atoms with Crippen LogP contribution in [0.15, 0.2) is 30.6 Å². The predicted molar refractivity (Wildman–Crippen MR) is 94.3 cm³/mol. The molecule has 3 aromatic rings. The van der Waals surface area contributed by atoms with E-state index in [2.05, 4.69) is 26.2 Å². The first-order chi connectivity index (χ1) is 12.0. The minimum atomic E-state index is -0.276. The van der Waals surface area contributed by atoms with Crippen molar-refractivity contribution in [3.05, 3.63) is 52.2 Å². The van der Waals surface area contributed by atoms with Gasteiger partial charge in [0.25, 0.3) is 11.8 Å². The van der Waals surface area contributed by atoms with Gasteiger partial charge in [-0.2, -0.15) is 4.68 Å². The standard InChI is InChI=1S/C16H16N6O2S/c1-9-10(2)25-16(22-8-18-20-21-22)13(9)15(24)19-12-6-4-5-11(7-12)14(23)17-3/h4-8H,1-3H3,(H,17,23)(H,19,24). The first kappa shape index (κ1) is 16.8. The predicted octanol–water partition coefficient (Wildman–Crippen LogP) is 1.95. The van der Waals surface area contributed by atoms with Gasteiger partial charge in [0.05, 0.1) is 5.56 Å². The average molecular weight is 356 g/mol. The van der Waals surface area contributed by atoms with Crippen molar-refractivity contribution < 1.29 is 9.59 Å². The van der Waals surface area contributed by atoms with Crippen molar-refractivity contribution in [3.8, 4) is 5.00 Å². The van der Waals surface area contributed by atoms with Crippen LogP contribution in [0.4, 0.5) is 5.69 Å². The number of tetrazole rings is 1. The number of thiophene rings is 1. The molecule has 0 saturated carbocycles. The molecule has 0 bridgehead atoms. The smallest absolute Gasteiger partial charge is 0.259 e. The fourth-order valence-electron chi connectivity index (χ4n) is 2.37. The lowest BCUT2D eigenvalue weighted by atomic mass is 10.1. The van der Waals surface area contributed by atoms with Crippen molar-refractivity contribution in [2.24, 2.45) is 0 Å². The summed E-state index contributed by atoms with van der Waals surface area (Å²) in [6, 6.07) is 6.76. The molecule has 2 amide bonds. The van der Waals surface area contributed by atoms with E-state index in [0.717, 1.165) is 10.4 Å². The topological polar surface area (TPSA) is 102 Å². The SMILES string of the molecule is CNC(=O)c1cccc(NC(=O)c2c(-n3cnnn3)sc(C)c2C)c1. The van der Waals surface area contributed by atoms with E-state index in [1.54, 1.807) is 31.3 Å². The van der Waals surface area contributed by atoms with E-state index in [9.17, 15) is 9.59 Å². The van der Waals surface area contributed by atoms with E-state index in [1.165, 1.54) is 22.3 Å². The summed E-state index contributed by atoms with van der Waals surface area (Å²) in [4.78, 5) is 25.6. The van der Waals surface area contributed by atoms with Crippen molar-refractivity contribution in [2.45, 2.75) is 13.8 Å². The summed E-state index contributed by atoms with van der Waals surface area (Å²) in [6.45, 7) is 3.83. The number of amides is 2. The maximum atomic E-state index is 12.8. The van der Waals surface area contributed by atoms with Crippen LogP contribution in [0.3, 0.4) is 0 Å². The molecule has 0 fully saturated rings. The maximum Gasteiger partial charge on any atom is 0.259 e. The third-order valence-electron chi connectivity index (χ3n) is 3.76. The van der Waals surface area contributed by atoms with Crippen molar-refractivity contribution >= 4 is 28.8 Å². The normalized spacial score (nSPS) is 10.5. The number of aryl methyl sites for hydroxylation is 1. The van der Waals surface area contributed by atoms with Gasteiger partial charge >= 0.3 is 0 Å². The fourth-order valence-corrected chi connectivity index (χ4v) is 3.44. The molecule has 8 nitrogen and oxygen atoms in total. The lowest BCUT2D eigenvalue weighted by molar-refractivity contribution is 0.0961. The summed E-state index contributed by atoms with van der Waals surface area (Å²) >= 11 is 1.44. The van der Waals surface area contributed by atoms with Gasteiger partial charge in [0.1, 0.15) is 11.3 Å². The van der Waals surface area contributed by atoms with Gasteiger partial charge in [0.15, 0.2) is 0 Å². The Bertz CT molecular complexity index is 932. The van der Waals surface area contributed by atoms with Crippen molar-refractivity contribution in [3.63, 3.8) is 0 Å². The summed E-state index contributed by atoms with van der Waals surface area (Å²) < 4.78 is 1.47. The van der Waals surface area contributed by atoms with Crippen molar-refractivity contribution in [2.75, 3.05) is 12.4 Å². The molecule has 0 aliphatic carbocycles. The number of anilines is 1. The molecule has 1 aromatic carbocycles. The molecule has 0 aliphatic heterocycles. The Labute approximate surface area is 147 Å². The van der Waals surface area contributed by atoms with E-state index in [1.807, 2.05) is 13.8 Å². The number of hydrogen-bond acceptors (Lipinski definition) is 6. The molecule has 3 rings (SSSR count).